The summed E-state index contributed by atoms with van der Waals surface area (Å²) in [6.45, 7) is 3.19. The van der Waals surface area contributed by atoms with Gasteiger partial charge in [-0.25, -0.2) is 17.6 Å². The number of benzene rings is 3. The van der Waals surface area contributed by atoms with E-state index in [1.54, 1.807) is 25.1 Å². The van der Waals surface area contributed by atoms with E-state index >= 15 is 0 Å². The maximum absolute atomic E-state index is 14.0. The van der Waals surface area contributed by atoms with E-state index < -0.39 is 27.7 Å². The Morgan fingerprint density at radius 3 is 2.62 bits per heavy atom. The topological polar surface area (TPSA) is 96.5 Å². The van der Waals surface area contributed by atoms with Crippen molar-refractivity contribution in [2.24, 2.45) is 0 Å². The van der Waals surface area contributed by atoms with Gasteiger partial charge in [0.15, 0.2) is 9.84 Å². The summed E-state index contributed by atoms with van der Waals surface area (Å²) < 4.78 is 45.4. The minimum absolute atomic E-state index is 0.0913. The third-order valence-electron chi connectivity index (χ3n) is 5.76. The predicted octanol–water partition coefficient (Wildman–Crippen LogP) is 4.29. The third-order valence-corrected chi connectivity index (χ3v) is 7.44. The fraction of sp³-hybridized carbons (Fsp3) is 0.240. The fourth-order valence-electron chi connectivity index (χ4n) is 3.97. The normalized spacial score (nSPS) is 13.7. The molecule has 4 rings (SSSR count). The highest BCUT2D eigenvalue weighted by atomic mass is 32.2. The molecule has 3 aromatic rings. The van der Waals surface area contributed by atoms with E-state index in [1.807, 2.05) is 18.2 Å². The van der Waals surface area contributed by atoms with Gasteiger partial charge in [0.2, 0.25) is 0 Å². The summed E-state index contributed by atoms with van der Waals surface area (Å²) in [7, 11) is -2.25. The van der Waals surface area contributed by atoms with Gasteiger partial charge in [-0.3, -0.25) is 0 Å². The van der Waals surface area contributed by atoms with Crippen LogP contribution in [0, 0.1) is 5.82 Å². The second-order valence-electron chi connectivity index (χ2n) is 8.17. The minimum Gasteiger partial charge on any atom is -0.495 e. The Morgan fingerprint density at radius 1 is 1.09 bits per heavy atom. The van der Waals surface area contributed by atoms with Gasteiger partial charge in [0, 0.05) is 24.7 Å². The van der Waals surface area contributed by atoms with Crippen LogP contribution in [0.25, 0.3) is 0 Å². The van der Waals surface area contributed by atoms with Gasteiger partial charge < -0.3 is 20.7 Å². The lowest BCUT2D eigenvalue weighted by molar-refractivity contribution is 0.249. The molecule has 3 aromatic carbocycles. The summed E-state index contributed by atoms with van der Waals surface area (Å²) in [5.74, 6) is -0.355. The largest absolute Gasteiger partial charge is 0.495 e. The van der Waals surface area contributed by atoms with E-state index in [9.17, 15) is 17.6 Å². The van der Waals surface area contributed by atoms with Crippen molar-refractivity contribution < 1.29 is 22.3 Å². The molecule has 9 heteroatoms. The average molecular weight is 484 g/mol. The first-order chi connectivity index (χ1) is 16.3. The van der Waals surface area contributed by atoms with Crippen molar-refractivity contribution in [3.05, 3.63) is 88.7 Å². The number of hydrogen-bond donors (Lipinski definition) is 3. The molecular formula is C25H26FN3O4S. The van der Waals surface area contributed by atoms with Crippen LogP contribution in [-0.2, 0) is 28.7 Å². The van der Waals surface area contributed by atoms with Crippen LogP contribution in [0.15, 0.2) is 65.6 Å². The van der Waals surface area contributed by atoms with Gasteiger partial charge in [-0.05, 0) is 41.8 Å². The number of hydrogen-bond acceptors (Lipinski definition) is 5. The predicted molar refractivity (Wildman–Crippen MR) is 128 cm³/mol. The molecule has 1 aliphatic heterocycles. The number of amides is 2. The molecule has 3 N–H and O–H groups in total. The van der Waals surface area contributed by atoms with Crippen LogP contribution in [0.4, 0.5) is 14.9 Å². The summed E-state index contributed by atoms with van der Waals surface area (Å²) in [4.78, 5) is 12.6. The van der Waals surface area contributed by atoms with E-state index in [2.05, 4.69) is 16.0 Å². The number of fused-ring (bicyclic) bond motifs is 1. The van der Waals surface area contributed by atoms with Crippen molar-refractivity contribution in [2.75, 3.05) is 12.4 Å². The van der Waals surface area contributed by atoms with Crippen molar-refractivity contribution in [1.82, 2.24) is 10.6 Å². The van der Waals surface area contributed by atoms with E-state index in [1.165, 1.54) is 36.9 Å². The van der Waals surface area contributed by atoms with Crippen molar-refractivity contribution in [3.8, 4) is 5.75 Å². The molecule has 7 nitrogen and oxygen atoms in total. The standard InChI is InChI=1S/C25H26FN3O4S/c1-16(21-5-3-4-6-22(21)26)28-25(30)29-23-10-9-20(12-24(23)33-2)34(31,32)15-17-7-8-18-13-27-14-19(18)11-17/h3-12,16,27H,13-15H2,1-2H3,(H2,28,29,30). The van der Waals surface area contributed by atoms with Gasteiger partial charge in [-0.1, -0.05) is 36.4 Å². The number of halogens is 1. The molecule has 1 atom stereocenters. The van der Waals surface area contributed by atoms with Crippen molar-refractivity contribution >= 4 is 21.6 Å². The van der Waals surface area contributed by atoms with E-state index in [0.717, 1.165) is 18.7 Å². The Labute approximate surface area is 198 Å². The molecule has 1 heterocycles. The first-order valence-corrected chi connectivity index (χ1v) is 12.5. The summed E-state index contributed by atoms with van der Waals surface area (Å²) in [6.07, 6.45) is 0. The number of urea groups is 1. The van der Waals surface area contributed by atoms with E-state index in [4.69, 9.17) is 4.74 Å². The van der Waals surface area contributed by atoms with Gasteiger partial charge in [-0.2, -0.15) is 0 Å². The molecule has 34 heavy (non-hydrogen) atoms. The Kier molecular flexibility index (Phi) is 6.85. The average Bonchev–Trinajstić information content (AvgIpc) is 3.27. The summed E-state index contributed by atoms with van der Waals surface area (Å²) >= 11 is 0. The second-order valence-corrected chi connectivity index (χ2v) is 10.2. The molecule has 178 valence electrons. The maximum Gasteiger partial charge on any atom is 0.319 e. The van der Waals surface area contributed by atoms with Crippen LogP contribution in [0.1, 0.15) is 35.2 Å². The van der Waals surface area contributed by atoms with Crippen molar-refractivity contribution in [2.45, 2.75) is 36.7 Å². The van der Waals surface area contributed by atoms with Crippen LogP contribution in [0.2, 0.25) is 0 Å². The minimum atomic E-state index is -3.64. The fourth-order valence-corrected chi connectivity index (χ4v) is 5.32. The summed E-state index contributed by atoms with van der Waals surface area (Å²) in [5, 5.41) is 8.55. The molecule has 0 saturated heterocycles. The summed E-state index contributed by atoms with van der Waals surface area (Å²) in [5.41, 5.74) is 3.66. The first kappa shape index (κ1) is 23.7. The number of anilines is 1. The number of nitrogens with one attached hydrogen (secondary N) is 3. The van der Waals surface area contributed by atoms with Gasteiger partial charge in [0.1, 0.15) is 11.6 Å². The highest BCUT2D eigenvalue weighted by Crippen LogP contribution is 2.30. The van der Waals surface area contributed by atoms with Crippen molar-refractivity contribution in [1.29, 1.82) is 0 Å². The zero-order chi connectivity index (χ0) is 24.3. The van der Waals surface area contributed by atoms with E-state index in [0.29, 0.717) is 16.8 Å². The van der Waals surface area contributed by atoms with Crippen LogP contribution in [0.5, 0.6) is 5.75 Å². The van der Waals surface area contributed by atoms with Crippen LogP contribution in [0.3, 0.4) is 0 Å². The first-order valence-electron chi connectivity index (χ1n) is 10.8. The molecule has 1 aliphatic rings. The molecule has 0 aliphatic carbocycles. The Morgan fingerprint density at radius 2 is 1.85 bits per heavy atom. The molecule has 1 unspecified atom stereocenters. The monoisotopic (exact) mass is 483 g/mol. The van der Waals surface area contributed by atoms with Gasteiger partial charge in [0.05, 0.1) is 29.5 Å². The van der Waals surface area contributed by atoms with E-state index in [-0.39, 0.29) is 16.4 Å². The molecule has 0 spiro atoms. The number of ether oxygens (including phenoxy) is 1. The van der Waals surface area contributed by atoms with Gasteiger partial charge in [-0.15, -0.1) is 0 Å². The molecule has 0 fully saturated rings. The molecule has 0 aromatic heterocycles. The third kappa shape index (κ3) is 5.21. The molecule has 0 bridgehead atoms. The number of sulfone groups is 1. The van der Waals surface area contributed by atoms with Crippen LogP contribution >= 0.6 is 0 Å². The zero-order valence-corrected chi connectivity index (χ0v) is 19.7. The molecule has 0 saturated carbocycles. The Balaban J connectivity index is 1.47. The molecule has 0 radical (unpaired) electrons. The zero-order valence-electron chi connectivity index (χ0n) is 18.9. The van der Waals surface area contributed by atoms with Crippen LogP contribution < -0.4 is 20.7 Å². The highest BCUT2D eigenvalue weighted by molar-refractivity contribution is 7.90. The van der Waals surface area contributed by atoms with Crippen molar-refractivity contribution in [3.63, 3.8) is 0 Å². The number of rotatable bonds is 7. The lowest BCUT2D eigenvalue weighted by Gasteiger charge is -2.17. The number of carbonyl (C=O) groups is 1. The number of carbonyl (C=O) groups excluding carboxylic acids is 1. The van der Waals surface area contributed by atoms with Gasteiger partial charge >= 0.3 is 6.03 Å². The molecular weight excluding hydrogens is 457 g/mol. The molecule has 2 amide bonds. The smallest absolute Gasteiger partial charge is 0.319 e. The van der Waals surface area contributed by atoms with Gasteiger partial charge in [0.25, 0.3) is 0 Å². The SMILES string of the molecule is COc1cc(S(=O)(=O)Cc2ccc3c(c2)CNC3)ccc1NC(=O)NC(C)c1ccccc1F. The Hall–Kier alpha value is -3.43. The lowest BCUT2D eigenvalue weighted by Crippen LogP contribution is -2.31. The summed E-state index contributed by atoms with van der Waals surface area (Å²) in [6, 6.07) is 15.0. The quantitative estimate of drug-likeness (QED) is 0.466. The second kappa shape index (κ2) is 9.82. The number of methoxy groups -OCH3 is 1. The highest BCUT2D eigenvalue weighted by Gasteiger charge is 2.20. The Bertz CT molecular complexity index is 1330. The lowest BCUT2D eigenvalue weighted by atomic mass is 10.1. The maximum atomic E-state index is 14.0. The van der Waals surface area contributed by atoms with Crippen LogP contribution in [-0.4, -0.2) is 21.6 Å².